The number of hydrogen-bond acceptors (Lipinski definition) is 5. The second kappa shape index (κ2) is 6.59. The van der Waals surface area contributed by atoms with Crippen LogP contribution in [-0.4, -0.2) is 36.6 Å². The lowest BCUT2D eigenvalue weighted by atomic mass is 9.97. The molecule has 24 heavy (non-hydrogen) atoms. The Morgan fingerprint density at radius 2 is 2.29 bits per heavy atom. The topological polar surface area (TPSA) is 54.5 Å². The van der Waals surface area contributed by atoms with Gasteiger partial charge in [0, 0.05) is 19.1 Å². The summed E-state index contributed by atoms with van der Waals surface area (Å²) in [5.41, 5.74) is 1.00. The molecule has 0 bridgehead atoms. The van der Waals surface area contributed by atoms with E-state index in [9.17, 15) is 4.79 Å². The number of rotatable bonds is 5. The first kappa shape index (κ1) is 15.7. The fraction of sp³-hybridized carbons (Fsp3) is 0.556. The summed E-state index contributed by atoms with van der Waals surface area (Å²) in [5.74, 6) is 1.20. The second-order valence-electron chi connectivity index (χ2n) is 6.63. The average Bonchev–Trinajstić information content (AvgIpc) is 3.31. The van der Waals surface area contributed by atoms with Crippen molar-refractivity contribution < 1.29 is 9.53 Å². The molecule has 2 fully saturated rings. The van der Waals surface area contributed by atoms with Gasteiger partial charge in [-0.05, 0) is 50.8 Å². The minimum Gasteiger partial charge on any atom is -0.494 e. The van der Waals surface area contributed by atoms with Crippen LogP contribution >= 0.6 is 11.3 Å². The quantitative estimate of drug-likeness (QED) is 0.904. The van der Waals surface area contributed by atoms with E-state index >= 15 is 0 Å². The van der Waals surface area contributed by atoms with Gasteiger partial charge in [0.15, 0.2) is 5.13 Å². The summed E-state index contributed by atoms with van der Waals surface area (Å²) in [6, 6.07) is 6.48. The molecule has 1 N–H and O–H groups in total. The molecule has 5 nitrogen and oxygen atoms in total. The Bertz CT molecular complexity index is 741. The molecule has 1 aromatic heterocycles. The van der Waals surface area contributed by atoms with E-state index in [-0.39, 0.29) is 11.8 Å². The number of nitrogens with zero attached hydrogens (tertiary/aromatic N) is 2. The fourth-order valence-electron chi connectivity index (χ4n) is 3.20. The van der Waals surface area contributed by atoms with Crippen LogP contribution in [0.15, 0.2) is 18.2 Å². The van der Waals surface area contributed by atoms with Gasteiger partial charge in [-0.3, -0.25) is 4.79 Å². The van der Waals surface area contributed by atoms with E-state index in [4.69, 9.17) is 9.72 Å². The summed E-state index contributed by atoms with van der Waals surface area (Å²) in [7, 11) is 0. The number of hydrogen-bond donors (Lipinski definition) is 1. The second-order valence-corrected chi connectivity index (χ2v) is 7.64. The predicted molar refractivity (Wildman–Crippen MR) is 96.9 cm³/mol. The number of piperidine rings is 1. The molecule has 1 atom stereocenters. The summed E-state index contributed by atoms with van der Waals surface area (Å²) < 4.78 is 6.71. The van der Waals surface area contributed by atoms with E-state index in [0.717, 1.165) is 59.9 Å². The Hall–Kier alpha value is -1.82. The molecule has 1 amide bonds. The molecule has 4 rings (SSSR count). The van der Waals surface area contributed by atoms with Crippen molar-refractivity contribution >= 4 is 32.6 Å². The van der Waals surface area contributed by atoms with Gasteiger partial charge in [0.25, 0.3) is 0 Å². The van der Waals surface area contributed by atoms with Gasteiger partial charge >= 0.3 is 0 Å². The van der Waals surface area contributed by atoms with Gasteiger partial charge in [0.1, 0.15) is 5.75 Å². The Labute approximate surface area is 146 Å². The minimum absolute atomic E-state index is 0.0883. The van der Waals surface area contributed by atoms with Gasteiger partial charge in [-0.25, -0.2) is 4.98 Å². The van der Waals surface area contributed by atoms with Crippen LogP contribution in [-0.2, 0) is 4.79 Å². The van der Waals surface area contributed by atoms with E-state index in [1.165, 1.54) is 0 Å². The Kier molecular flexibility index (Phi) is 4.31. The molecule has 1 aromatic carbocycles. The molecule has 1 aliphatic heterocycles. The van der Waals surface area contributed by atoms with Crippen molar-refractivity contribution in [1.82, 2.24) is 10.3 Å². The number of anilines is 1. The number of carbonyl (C=O) groups is 1. The van der Waals surface area contributed by atoms with Crippen molar-refractivity contribution in [3.63, 3.8) is 0 Å². The first-order chi connectivity index (χ1) is 11.7. The van der Waals surface area contributed by atoms with Crippen LogP contribution in [0, 0.1) is 5.92 Å². The summed E-state index contributed by atoms with van der Waals surface area (Å²) in [6.07, 6.45) is 4.31. The molecule has 2 heterocycles. The lowest BCUT2D eigenvalue weighted by molar-refractivity contribution is -0.125. The molecule has 1 aliphatic carbocycles. The van der Waals surface area contributed by atoms with Crippen LogP contribution in [0.4, 0.5) is 5.13 Å². The van der Waals surface area contributed by atoms with Crippen molar-refractivity contribution in [2.45, 2.75) is 38.6 Å². The number of nitrogens with one attached hydrogen (secondary N) is 1. The summed E-state index contributed by atoms with van der Waals surface area (Å²) in [5, 5.41) is 4.16. The number of thiazole rings is 1. The van der Waals surface area contributed by atoms with Gasteiger partial charge < -0.3 is 15.0 Å². The zero-order valence-electron chi connectivity index (χ0n) is 14.0. The lowest BCUT2D eigenvalue weighted by Gasteiger charge is -2.31. The number of ether oxygens (including phenoxy) is 1. The van der Waals surface area contributed by atoms with Crippen molar-refractivity contribution in [3.05, 3.63) is 18.2 Å². The molecular formula is C18H23N3O2S. The highest BCUT2D eigenvalue weighted by Crippen LogP contribution is 2.33. The van der Waals surface area contributed by atoms with Gasteiger partial charge in [-0.2, -0.15) is 0 Å². The lowest BCUT2D eigenvalue weighted by Crippen LogP contribution is -2.43. The zero-order chi connectivity index (χ0) is 16.5. The van der Waals surface area contributed by atoms with Crippen LogP contribution in [0.1, 0.15) is 32.6 Å². The maximum Gasteiger partial charge on any atom is 0.225 e. The summed E-state index contributed by atoms with van der Waals surface area (Å²) in [4.78, 5) is 19.4. The summed E-state index contributed by atoms with van der Waals surface area (Å²) in [6.45, 7) is 4.41. The van der Waals surface area contributed by atoms with E-state index in [1.807, 2.05) is 19.1 Å². The first-order valence-electron chi connectivity index (χ1n) is 8.81. The monoisotopic (exact) mass is 345 g/mol. The molecule has 6 heteroatoms. The van der Waals surface area contributed by atoms with E-state index < -0.39 is 0 Å². The molecule has 0 unspecified atom stereocenters. The highest BCUT2D eigenvalue weighted by molar-refractivity contribution is 7.22. The van der Waals surface area contributed by atoms with Crippen molar-refractivity contribution in [2.75, 3.05) is 24.6 Å². The highest BCUT2D eigenvalue weighted by atomic mass is 32.1. The number of fused-ring (bicyclic) bond motifs is 1. The molecule has 128 valence electrons. The molecular weight excluding hydrogens is 322 g/mol. The van der Waals surface area contributed by atoms with Crippen LogP contribution in [0.2, 0.25) is 0 Å². The first-order valence-corrected chi connectivity index (χ1v) is 9.63. The maximum atomic E-state index is 12.3. The third kappa shape index (κ3) is 3.34. The average molecular weight is 345 g/mol. The molecule has 2 aliphatic rings. The number of benzene rings is 1. The van der Waals surface area contributed by atoms with E-state index in [2.05, 4.69) is 16.3 Å². The Morgan fingerprint density at radius 3 is 3.08 bits per heavy atom. The summed E-state index contributed by atoms with van der Waals surface area (Å²) >= 11 is 1.69. The zero-order valence-corrected chi connectivity index (χ0v) is 14.8. The molecule has 1 saturated heterocycles. The molecule has 1 saturated carbocycles. The van der Waals surface area contributed by atoms with Crippen molar-refractivity contribution in [3.8, 4) is 5.75 Å². The third-order valence-electron chi connectivity index (χ3n) is 4.65. The minimum atomic E-state index is 0.0883. The number of amides is 1. The largest absolute Gasteiger partial charge is 0.494 e. The van der Waals surface area contributed by atoms with E-state index in [1.54, 1.807) is 11.3 Å². The van der Waals surface area contributed by atoms with Crippen molar-refractivity contribution in [1.29, 1.82) is 0 Å². The SMILES string of the molecule is CCOc1ccc2nc(N3CCC[C@H](C(=O)NC4CC4)C3)sc2c1. The maximum absolute atomic E-state index is 12.3. The van der Waals surface area contributed by atoms with Crippen molar-refractivity contribution in [2.24, 2.45) is 5.92 Å². The highest BCUT2D eigenvalue weighted by Gasteiger charge is 2.31. The molecule has 0 radical (unpaired) electrons. The number of carbonyl (C=O) groups excluding carboxylic acids is 1. The fourth-order valence-corrected chi connectivity index (χ4v) is 4.23. The standard InChI is InChI=1S/C18H23N3O2S/c1-2-23-14-7-8-15-16(10-14)24-18(20-15)21-9-3-4-12(11-21)17(22)19-13-5-6-13/h7-8,10,12-13H,2-6,9,11H2,1H3,(H,19,22)/t12-/m0/s1. The third-order valence-corrected chi connectivity index (χ3v) is 5.73. The van der Waals surface area contributed by atoms with Crippen LogP contribution in [0.25, 0.3) is 10.2 Å². The molecule has 2 aromatic rings. The van der Waals surface area contributed by atoms with Gasteiger partial charge in [-0.1, -0.05) is 11.3 Å². The van der Waals surface area contributed by atoms with Crippen LogP contribution in [0.5, 0.6) is 5.75 Å². The van der Waals surface area contributed by atoms with E-state index in [0.29, 0.717) is 12.6 Å². The number of aromatic nitrogens is 1. The van der Waals surface area contributed by atoms with Crippen LogP contribution < -0.4 is 15.0 Å². The Morgan fingerprint density at radius 1 is 1.42 bits per heavy atom. The van der Waals surface area contributed by atoms with Gasteiger partial charge in [0.05, 0.1) is 22.7 Å². The van der Waals surface area contributed by atoms with Gasteiger partial charge in [0.2, 0.25) is 5.91 Å². The van der Waals surface area contributed by atoms with Crippen LogP contribution in [0.3, 0.4) is 0 Å². The Balaban J connectivity index is 1.49. The molecule has 0 spiro atoms. The normalized spacial score (nSPS) is 21.0. The smallest absolute Gasteiger partial charge is 0.225 e. The predicted octanol–water partition coefficient (Wildman–Crippen LogP) is 3.19. The van der Waals surface area contributed by atoms with Gasteiger partial charge in [-0.15, -0.1) is 0 Å².